The molecule has 0 radical (unpaired) electrons. The summed E-state index contributed by atoms with van der Waals surface area (Å²) in [5.74, 6) is -0.924. The van der Waals surface area contributed by atoms with Crippen LogP contribution in [0.25, 0.3) is 0 Å². The van der Waals surface area contributed by atoms with E-state index in [2.05, 4.69) is 10.5 Å². The SMILES string of the molecule is Cc1ccccc1/C=N\NC(=O)COc1ccccc1F. The van der Waals surface area contributed by atoms with Crippen LogP contribution in [-0.2, 0) is 4.79 Å². The molecule has 2 aromatic carbocycles. The van der Waals surface area contributed by atoms with E-state index >= 15 is 0 Å². The number of amides is 1. The van der Waals surface area contributed by atoms with E-state index in [1.165, 1.54) is 12.1 Å². The molecule has 0 aliphatic heterocycles. The summed E-state index contributed by atoms with van der Waals surface area (Å²) in [4.78, 5) is 11.5. The second-order valence-electron chi connectivity index (χ2n) is 4.37. The average molecular weight is 286 g/mol. The van der Waals surface area contributed by atoms with Crippen molar-refractivity contribution in [1.82, 2.24) is 5.43 Å². The van der Waals surface area contributed by atoms with Gasteiger partial charge >= 0.3 is 0 Å². The zero-order valence-electron chi connectivity index (χ0n) is 11.5. The van der Waals surface area contributed by atoms with Gasteiger partial charge < -0.3 is 4.74 Å². The number of carbonyl (C=O) groups is 1. The van der Waals surface area contributed by atoms with Gasteiger partial charge in [0, 0.05) is 0 Å². The molecule has 0 fully saturated rings. The van der Waals surface area contributed by atoms with E-state index in [0.29, 0.717) is 0 Å². The molecule has 1 amide bonds. The summed E-state index contributed by atoms with van der Waals surface area (Å²) in [6.45, 7) is 1.65. The maximum Gasteiger partial charge on any atom is 0.277 e. The molecule has 21 heavy (non-hydrogen) atoms. The van der Waals surface area contributed by atoms with Crippen LogP contribution in [-0.4, -0.2) is 18.7 Å². The smallest absolute Gasteiger partial charge is 0.277 e. The zero-order chi connectivity index (χ0) is 15.1. The van der Waals surface area contributed by atoms with Crippen LogP contribution in [0.15, 0.2) is 53.6 Å². The summed E-state index contributed by atoms with van der Waals surface area (Å²) < 4.78 is 18.3. The van der Waals surface area contributed by atoms with Gasteiger partial charge in [-0.05, 0) is 30.2 Å². The Hall–Kier alpha value is -2.69. The van der Waals surface area contributed by atoms with E-state index in [4.69, 9.17) is 4.74 Å². The average Bonchev–Trinajstić information content (AvgIpc) is 2.48. The molecule has 0 atom stereocenters. The molecule has 0 saturated carbocycles. The summed E-state index contributed by atoms with van der Waals surface area (Å²) in [5, 5.41) is 3.84. The number of benzene rings is 2. The Morgan fingerprint density at radius 2 is 1.95 bits per heavy atom. The largest absolute Gasteiger partial charge is 0.481 e. The third kappa shape index (κ3) is 4.42. The number of aryl methyl sites for hydroxylation is 1. The Labute approximate surface area is 122 Å². The maximum atomic E-state index is 13.3. The van der Waals surface area contributed by atoms with Gasteiger partial charge in [-0.15, -0.1) is 0 Å². The second kappa shape index (κ2) is 7.19. The highest BCUT2D eigenvalue weighted by Gasteiger charge is 2.05. The standard InChI is InChI=1S/C16H15FN2O2/c1-12-6-2-3-7-13(12)10-18-19-16(20)11-21-15-9-5-4-8-14(15)17/h2-10H,11H2,1H3,(H,19,20)/b18-10-. The molecular weight excluding hydrogens is 271 g/mol. The molecule has 0 saturated heterocycles. The van der Waals surface area contributed by atoms with Crippen LogP contribution in [0.1, 0.15) is 11.1 Å². The van der Waals surface area contributed by atoms with Crippen molar-refractivity contribution in [2.24, 2.45) is 5.10 Å². The molecule has 5 heteroatoms. The number of hydrogen-bond acceptors (Lipinski definition) is 3. The van der Waals surface area contributed by atoms with Crippen LogP contribution >= 0.6 is 0 Å². The number of hydrogen-bond donors (Lipinski definition) is 1. The van der Waals surface area contributed by atoms with Crippen LogP contribution in [0.2, 0.25) is 0 Å². The number of nitrogens with zero attached hydrogens (tertiary/aromatic N) is 1. The minimum absolute atomic E-state index is 0.0375. The van der Waals surface area contributed by atoms with Crippen LogP contribution < -0.4 is 10.2 Å². The summed E-state index contributed by atoms with van der Waals surface area (Å²) in [7, 11) is 0. The van der Waals surface area contributed by atoms with Gasteiger partial charge in [-0.25, -0.2) is 9.82 Å². The van der Waals surface area contributed by atoms with E-state index in [1.807, 2.05) is 31.2 Å². The van der Waals surface area contributed by atoms with Crippen LogP contribution in [0.3, 0.4) is 0 Å². The number of carbonyl (C=O) groups excluding carboxylic acids is 1. The van der Waals surface area contributed by atoms with Crippen molar-refractivity contribution in [1.29, 1.82) is 0 Å². The molecule has 0 aliphatic carbocycles. The number of halogens is 1. The molecule has 0 aromatic heterocycles. The lowest BCUT2D eigenvalue weighted by Gasteiger charge is -2.05. The van der Waals surface area contributed by atoms with E-state index in [-0.39, 0.29) is 12.4 Å². The highest BCUT2D eigenvalue weighted by Crippen LogP contribution is 2.14. The van der Waals surface area contributed by atoms with Crippen molar-refractivity contribution < 1.29 is 13.9 Å². The van der Waals surface area contributed by atoms with Gasteiger partial charge in [-0.1, -0.05) is 36.4 Å². The Kier molecular flexibility index (Phi) is 5.04. The van der Waals surface area contributed by atoms with Gasteiger partial charge in [-0.2, -0.15) is 5.10 Å². The zero-order valence-corrected chi connectivity index (χ0v) is 11.5. The van der Waals surface area contributed by atoms with Gasteiger partial charge in [0.15, 0.2) is 18.2 Å². The fourth-order valence-corrected chi connectivity index (χ4v) is 1.64. The van der Waals surface area contributed by atoms with Crippen molar-refractivity contribution in [3.63, 3.8) is 0 Å². The fourth-order valence-electron chi connectivity index (χ4n) is 1.64. The minimum atomic E-state index is -0.506. The molecule has 4 nitrogen and oxygen atoms in total. The Bertz CT molecular complexity index is 656. The lowest BCUT2D eigenvalue weighted by atomic mass is 10.1. The van der Waals surface area contributed by atoms with Crippen LogP contribution in [0, 0.1) is 12.7 Å². The Morgan fingerprint density at radius 3 is 2.71 bits per heavy atom. The van der Waals surface area contributed by atoms with Gasteiger partial charge in [0.1, 0.15) is 0 Å². The summed E-state index contributed by atoms with van der Waals surface area (Å²) in [6.07, 6.45) is 1.55. The van der Waals surface area contributed by atoms with Crippen molar-refractivity contribution in [2.75, 3.05) is 6.61 Å². The topological polar surface area (TPSA) is 50.7 Å². The third-order valence-corrected chi connectivity index (χ3v) is 2.78. The summed E-state index contributed by atoms with van der Waals surface area (Å²) in [6, 6.07) is 13.6. The van der Waals surface area contributed by atoms with Crippen molar-refractivity contribution in [3.05, 3.63) is 65.5 Å². The lowest BCUT2D eigenvalue weighted by molar-refractivity contribution is -0.123. The molecular formula is C16H15FN2O2. The number of para-hydroxylation sites is 1. The lowest BCUT2D eigenvalue weighted by Crippen LogP contribution is -2.24. The molecule has 2 aromatic rings. The van der Waals surface area contributed by atoms with Gasteiger partial charge in [0.25, 0.3) is 5.91 Å². The molecule has 2 rings (SSSR count). The number of ether oxygens (including phenoxy) is 1. The first-order valence-electron chi connectivity index (χ1n) is 6.41. The van der Waals surface area contributed by atoms with E-state index < -0.39 is 11.7 Å². The molecule has 0 bridgehead atoms. The van der Waals surface area contributed by atoms with Gasteiger partial charge in [0.2, 0.25) is 0 Å². The summed E-state index contributed by atoms with van der Waals surface area (Å²) in [5.41, 5.74) is 4.29. The minimum Gasteiger partial charge on any atom is -0.481 e. The first-order valence-corrected chi connectivity index (χ1v) is 6.41. The van der Waals surface area contributed by atoms with Crippen LogP contribution in [0.4, 0.5) is 4.39 Å². The third-order valence-electron chi connectivity index (χ3n) is 2.78. The van der Waals surface area contributed by atoms with Gasteiger partial charge in [-0.3, -0.25) is 4.79 Å². The normalized spacial score (nSPS) is 10.6. The first-order chi connectivity index (χ1) is 10.2. The van der Waals surface area contributed by atoms with E-state index in [0.717, 1.165) is 11.1 Å². The molecule has 0 unspecified atom stereocenters. The predicted molar refractivity (Wildman–Crippen MR) is 78.8 cm³/mol. The molecule has 108 valence electrons. The van der Waals surface area contributed by atoms with E-state index in [9.17, 15) is 9.18 Å². The second-order valence-corrected chi connectivity index (χ2v) is 4.37. The number of nitrogens with one attached hydrogen (secondary N) is 1. The fraction of sp³-hybridized carbons (Fsp3) is 0.125. The van der Waals surface area contributed by atoms with Crippen LogP contribution in [0.5, 0.6) is 5.75 Å². The Morgan fingerprint density at radius 1 is 1.24 bits per heavy atom. The first kappa shape index (κ1) is 14.7. The monoisotopic (exact) mass is 286 g/mol. The molecule has 0 spiro atoms. The van der Waals surface area contributed by atoms with Crippen molar-refractivity contribution >= 4 is 12.1 Å². The predicted octanol–water partition coefficient (Wildman–Crippen LogP) is 2.66. The maximum absolute atomic E-state index is 13.3. The molecule has 0 heterocycles. The highest BCUT2D eigenvalue weighted by molar-refractivity contribution is 5.84. The Balaban J connectivity index is 1.83. The summed E-state index contributed by atoms with van der Waals surface area (Å²) >= 11 is 0. The number of hydrazone groups is 1. The van der Waals surface area contributed by atoms with Crippen molar-refractivity contribution in [3.8, 4) is 5.75 Å². The number of rotatable bonds is 5. The molecule has 0 aliphatic rings. The van der Waals surface area contributed by atoms with E-state index in [1.54, 1.807) is 18.3 Å². The molecule has 1 N–H and O–H groups in total. The van der Waals surface area contributed by atoms with Crippen molar-refractivity contribution in [2.45, 2.75) is 6.92 Å². The van der Waals surface area contributed by atoms with Gasteiger partial charge in [0.05, 0.1) is 6.21 Å². The highest BCUT2D eigenvalue weighted by atomic mass is 19.1. The quantitative estimate of drug-likeness (QED) is 0.678.